The third kappa shape index (κ3) is 1.84. The van der Waals surface area contributed by atoms with Gasteiger partial charge in [-0.15, -0.1) is 6.58 Å². The molecule has 1 heterocycles. The summed E-state index contributed by atoms with van der Waals surface area (Å²) in [5.41, 5.74) is 1.19. The highest BCUT2D eigenvalue weighted by Gasteiger charge is 1.93. The highest BCUT2D eigenvalue weighted by molar-refractivity contribution is 5.12. The van der Waals surface area contributed by atoms with Gasteiger partial charge in [0.2, 0.25) is 0 Å². The zero-order chi connectivity index (χ0) is 8.97. The molecular weight excluding hydrogens is 150 g/mol. The number of allylic oxidation sites excluding steroid dienone is 1. The molecule has 0 aromatic carbocycles. The van der Waals surface area contributed by atoms with Crippen LogP contribution in [0.5, 0.6) is 0 Å². The van der Waals surface area contributed by atoms with Crippen molar-refractivity contribution in [1.82, 2.24) is 4.57 Å². The van der Waals surface area contributed by atoms with E-state index in [2.05, 4.69) is 6.58 Å². The Bertz CT molecular complexity index is 325. The van der Waals surface area contributed by atoms with E-state index in [1.807, 2.05) is 25.3 Å². The molecule has 1 aromatic rings. The minimum atomic E-state index is 0.0605. The van der Waals surface area contributed by atoms with Gasteiger partial charge in [0.25, 0.3) is 5.56 Å². The van der Waals surface area contributed by atoms with E-state index in [-0.39, 0.29) is 5.56 Å². The molecule has 0 amide bonds. The SMILES string of the molecule is C=CCc1ccc(=O)n(CC)c1. The highest BCUT2D eigenvalue weighted by Crippen LogP contribution is 1.97. The van der Waals surface area contributed by atoms with Crippen LogP contribution < -0.4 is 5.56 Å². The fraction of sp³-hybridized carbons (Fsp3) is 0.300. The van der Waals surface area contributed by atoms with Gasteiger partial charge in [0.1, 0.15) is 0 Å². The first-order valence-corrected chi connectivity index (χ1v) is 4.08. The molecule has 12 heavy (non-hydrogen) atoms. The van der Waals surface area contributed by atoms with Crippen molar-refractivity contribution in [3.8, 4) is 0 Å². The minimum Gasteiger partial charge on any atom is -0.316 e. The summed E-state index contributed by atoms with van der Waals surface area (Å²) in [6.45, 7) is 6.33. The van der Waals surface area contributed by atoms with Crippen molar-refractivity contribution in [3.05, 3.63) is 46.9 Å². The second-order valence-corrected chi connectivity index (χ2v) is 2.65. The van der Waals surface area contributed by atoms with Crippen molar-refractivity contribution in [1.29, 1.82) is 0 Å². The van der Waals surface area contributed by atoms with Gasteiger partial charge in [-0.1, -0.05) is 12.1 Å². The van der Waals surface area contributed by atoms with E-state index in [4.69, 9.17) is 0 Å². The van der Waals surface area contributed by atoms with Crippen molar-refractivity contribution < 1.29 is 0 Å². The Labute approximate surface area is 72.2 Å². The molecule has 1 rings (SSSR count). The zero-order valence-corrected chi connectivity index (χ0v) is 7.29. The molecule has 0 radical (unpaired) electrons. The molecular formula is C10H13NO. The Kier molecular flexibility index (Phi) is 2.86. The maximum absolute atomic E-state index is 11.1. The normalized spacial score (nSPS) is 9.75. The fourth-order valence-corrected chi connectivity index (χ4v) is 1.12. The van der Waals surface area contributed by atoms with Crippen LogP contribution in [0.2, 0.25) is 0 Å². The Morgan fingerprint density at radius 1 is 1.58 bits per heavy atom. The van der Waals surface area contributed by atoms with Crippen LogP contribution >= 0.6 is 0 Å². The summed E-state index contributed by atoms with van der Waals surface area (Å²) in [4.78, 5) is 11.1. The van der Waals surface area contributed by atoms with E-state index in [0.29, 0.717) is 0 Å². The Balaban J connectivity index is 3.04. The summed E-state index contributed by atoms with van der Waals surface area (Å²) in [6.07, 6.45) is 4.53. The molecule has 0 saturated carbocycles. The van der Waals surface area contributed by atoms with Crippen molar-refractivity contribution in [2.24, 2.45) is 0 Å². The lowest BCUT2D eigenvalue weighted by Gasteiger charge is -2.02. The van der Waals surface area contributed by atoms with Gasteiger partial charge in [-0.2, -0.15) is 0 Å². The highest BCUT2D eigenvalue weighted by atomic mass is 16.1. The topological polar surface area (TPSA) is 22.0 Å². The Morgan fingerprint density at radius 3 is 2.92 bits per heavy atom. The van der Waals surface area contributed by atoms with Gasteiger partial charge >= 0.3 is 0 Å². The lowest BCUT2D eigenvalue weighted by molar-refractivity contribution is 0.721. The molecule has 0 spiro atoms. The monoisotopic (exact) mass is 163 g/mol. The number of aryl methyl sites for hydroxylation is 1. The first kappa shape index (κ1) is 8.78. The van der Waals surface area contributed by atoms with Crippen LogP contribution in [0.15, 0.2) is 35.8 Å². The standard InChI is InChI=1S/C10H13NO/c1-3-5-9-6-7-10(12)11(4-2)8-9/h3,6-8H,1,4-5H2,2H3. The number of hydrogen-bond donors (Lipinski definition) is 0. The molecule has 0 aliphatic carbocycles. The van der Waals surface area contributed by atoms with Crippen LogP contribution in [-0.2, 0) is 13.0 Å². The largest absolute Gasteiger partial charge is 0.316 e. The van der Waals surface area contributed by atoms with Gasteiger partial charge in [-0.3, -0.25) is 4.79 Å². The second kappa shape index (κ2) is 3.90. The number of rotatable bonds is 3. The minimum absolute atomic E-state index is 0.0605. The molecule has 1 aromatic heterocycles. The molecule has 0 fully saturated rings. The molecule has 0 N–H and O–H groups in total. The molecule has 2 nitrogen and oxygen atoms in total. The van der Waals surface area contributed by atoms with Crippen molar-refractivity contribution in [2.75, 3.05) is 0 Å². The maximum Gasteiger partial charge on any atom is 0.250 e. The van der Waals surface area contributed by atoms with Gasteiger partial charge in [0.15, 0.2) is 0 Å². The van der Waals surface area contributed by atoms with E-state index in [0.717, 1.165) is 18.5 Å². The fourth-order valence-electron chi connectivity index (χ4n) is 1.12. The predicted octanol–water partition coefficient (Wildman–Crippen LogP) is 1.60. The Hall–Kier alpha value is -1.31. The van der Waals surface area contributed by atoms with Crippen LogP contribution in [0.4, 0.5) is 0 Å². The Morgan fingerprint density at radius 2 is 2.33 bits per heavy atom. The zero-order valence-electron chi connectivity index (χ0n) is 7.29. The van der Waals surface area contributed by atoms with Crippen LogP contribution in [-0.4, -0.2) is 4.57 Å². The quantitative estimate of drug-likeness (QED) is 0.620. The first-order valence-electron chi connectivity index (χ1n) is 4.08. The molecule has 0 unspecified atom stereocenters. The molecule has 0 aliphatic heterocycles. The summed E-state index contributed by atoms with van der Waals surface area (Å²) in [7, 11) is 0. The lowest BCUT2D eigenvalue weighted by atomic mass is 10.2. The van der Waals surface area contributed by atoms with Gasteiger partial charge in [0, 0.05) is 18.8 Å². The van der Waals surface area contributed by atoms with Gasteiger partial charge < -0.3 is 4.57 Å². The first-order chi connectivity index (χ1) is 5.77. The van der Waals surface area contributed by atoms with E-state index in [1.165, 1.54) is 0 Å². The number of aromatic nitrogens is 1. The summed E-state index contributed by atoms with van der Waals surface area (Å²) in [5.74, 6) is 0. The van der Waals surface area contributed by atoms with E-state index in [1.54, 1.807) is 10.6 Å². The van der Waals surface area contributed by atoms with Crippen LogP contribution in [0.1, 0.15) is 12.5 Å². The van der Waals surface area contributed by atoms with Gasteiger partial charge in [-0.05, 0) is 18.9 Å². The van der Waals surface area contributed by atoms with Crippen molar-refractivity contribution >= 4 is 0 Å². The molecule has 0 aliphatic rings. The number of pyridine rings is 1. The van der Waals surface area contributed by atoms with Gasteiger partial charge in [-0.25, -0.2) is 0 Å². The van der Waals surface area contributed by atoms with E-state index < -0.39 is 0 Å². The predicted molar refractivity (Wildman–Crippen MR) is 50.3 cm³/mol. The maximum atomic E-state index is 11.1. The average Bonchev–Trinajstić information content (AvgIpc) is 2.09. The summed E-state index contributed by atoms with van der Waals surface area (Å²) in [5, 5.41) is 0. The van der Waals surface area contributed by atoms with Crippen LogP contribution in [0.3, 0.4) is 0 Å². The molecule has 2 heteroatoms. The van der Waals surface area contributed by atoms with Crippen LogP contribution in [0, 0.1) is 0 Å². The molecule has 0 atom stereocenters. The van der Waals surface area contributed by atoms with E-state index in [9.17, 15) is 4.79 Å². The smallest absolute Gasteiger partial charge is 0.250 e. The van der Waals surface area contributed by atoms with E-state index >= 15 is 0 Å². The summed E-state index contributed by atoms with van der Waals surface area (Å²) < 4.78 is 1.69. The van der Waals surface area contributed by atoms with Crippen molar-refractivity contribution in [2.45, 2.75) is 19.9 Å². The summed E-state index contributed by atoms with van der Waals surface area (Å²) in [6, 6.07) is 3.44. The third-order valence-corrected chi connectivity index (χ3v) is 1.77. The number of hydrogen-bond acceptors (Lipinski definition) is 1. The summed E-state index contributed by atoms with van der Waals surface area (Å²) >= 11 is 0. The molecule has 0 bridgehead atoms. The lowest BCUT2D eigenvalue weighted by Crippen LogP contribution is -2.17. The third-order valence-electron chi connectivity index (χ3n) is 1.77. The molecule has 0 saturated heterocycles. The average molecular weight is 163 g/mol. The molecule has 64 valence electrons. The number of nitrogens with zero attached hydrogens (tertiary/aromatic N) is 1. The van der Waals surface area contributed by atoms with Crippen LogP contribution in [0.25, 0.3) is 0 Å². The van der Waals surface area contributed by atoms with Crippen molar-refractivity contribution in [3.63, 3.8) is 0 Å². The van der Waals surface area contributed by atoms with Gasteiger partial charge in [0.05, 0.1) is 0 Å². The second-order valence-electron chi connectivity index (χ2n) is 2.65.